The van der Waals surface area contributed by atoms with E-state index in [1.807, 2.05) is 34.9 Å². The molecule has 0 bridgehead atoms. The molecule has 0 saturated carbocycles. The summed E-state index contributed by atoms with van der Waals surface area (Å²) in [4.78, 5) is 4.07. The molecular weight excluding hydrogens is 251 g/mol. The standard InChI is InChI=1S/C17H17FN2/c1-17(2,3)13-5-7-15(16(18)8-13)12-4-6-14-9-19-11-20(14)10-12/h4-11H,1-3H3. The van der Waals surface area contributed by atoms with Gasteiger partial charge in [0.25, 0.3) is 0 Å². The van der Waals surface area contributed by atoms with Crippen molar-refractivity contribution in [3.8, 4) is 11.1 Å². The topological polar surface area (TPSA) is 17.3 Å². The van der Waals surface area contributed by atoms with Crippen LogP contribution in [0.2, 0.25) is 0 Å². The Morgan fingerprint density at radius 3 is 2.60 bits per heavy atom. The van der Waals surface area contributed by atoms with Crippen LogP contribution in [-0.4, -0.2) is 9.38 Å². The number of aromatic nitrogens is 2. The van der Waals surface area contributed by atoms with Crippen molar-refractivity contribution < 1.29 is 4.39 Å². The van der Waals surface area contributed by atoms with E-state index in [4.69, 9.17) is 0 Å². The molecule has 2 aromatic heterocycles. The van der Waals surface area contributed by atoms with Crippen molar-refractivity contribution in [3.05, 3.63) is 60.4 Å². The van der Waals surface area contributed by atoms with E-state index in [1.54, 1.807) is 18.6 Å². The number of halogens is 1. The van der Waals surface area contributed by atoms with Crippen LogP contribution in [0.25, 0.3) is 16.6 Å². The first-order valence-corrected chi connectivity index (χ1v) is 6.67. The molecule has 0 radical (unpaired) electrons. The molecule has 0 aliphatic carbocycles. The number of hydrogen-bond acceptors (Lipinski definition) is 1. The molecule has 3 aromatic rings. The second-order valence-electron chi connectivity index (χ2n) is 6.09. The Morgan fingerprint density at radius 1 is 1.10 bits per heavy atom. The third-order valence-corrected chi connectivity index (χ3v) is 3.55. The van der Waals surface area contributed by atoms with Gasteiger partial charge in [0.05, 0.1) is 18.0 Å². The van der Waals surface area contributed by atoms with E-state index in [1.165, 1.54) is 0 Å². The number of rotatable bonds is 1. The summed E-state index contributed by atoms with van der Waals surface area (Å²) in [6.45, 7) is 6.25. The van der Waals surface area contributed by atoms with Crippen LogP contribution in [0.5, 0.6) is 0 Å². The van der Waals surface area contributed by atoms with Crippen LogP contribution < -0.4 is 0 Å². The van der Waals surface area contributed by atoms with Gasteiger partial charge in [-0.25, -0.2) is 9.37 Å². The van der Waals surface area contributed by atoms with E-state index in [0.717, 1.165) is 16.6 Å². The van der Waals surface area contributed by atoms with Gasteiger partial charge >= 0.3 is 0 Å². The quantitative estimate of drug-likeness (QED) is 0.638. The molecule has 20 heavy (non-hydrogen) atoms. The molecule has 0 unspecified atom stereocenters. The lowest BCUT2D eigenvalue weighted by molar-refractivity contribution is 0.573. The minimum absolute atomic E-state index is 0.0479. The number of benzene rings is 1. The molecule has 2 nitrogen and oxygen atoms in total. The zero-order chi connectivity index (χ0) is 14.3. The summed E-state index contributed by atoms with van der Waals surface area (Å²) < 4.78 is 16.3. The number of pyridine rings is 1. The van der Waals surface area contributed by atoms with Crippen molar-refractivity contribution in [1.82, 2.24) is 9.38 Å². The molecule has 0 atom stereocenters. The molecule has 0 spiro atoms. The van der Waals surface area contributed by atoms with Crippen molar-refractivity contribution in [2.45, 2.75) is 26.2 Å². The summed E-state index contributed by atoms with van der Waals surface area (Å²) in [5.41, 5.74) is 3.43. The summed E-state index contributed by atoms with van der Waals surface area (Å²) in [6.07, 6.45) is 5.40. The maximum atomic E-state index is 14.4. The number of hydrogen-bond donors (Lipinski definition) is 0. The molecular formula is C17H17FN2. The minimum atomic E-state index is -0.183. The van der Waals surface area contributed by atoms with Crippen molar-refractivity contribution in [2.75, 3.05) is 0 Å². The fourth-order valence-electron chi connectivity index (χ4n) is 2.29. The van der Waals surface area contributed by atoms with Gasteiger partial charge in [-0.05, 0) is 23.1 Å². The minimum Gasteiger partial charge on any atom is -0.306 e. The summed E-state index contributed by atoms with van der Waals surface area (Å²) in [5, 5.41) is 0. The van der Waals surface area contributed by atoms with Crippen molar-refractivity contribution in [3.63, 3.8) is 0 Å². The highest BCUT2D eigenvalue weighted by molar-refractivity contribution is 5.66. The SMILES string of the molecule is CC(C)(C)c1ccc(-c2ccc3cncn3c2)c(F)c1. The summed E-state index contributed by atoms with van der Waals surface area (Å²) in [7, 11) is 0. The van der Waals surface area contributed by atoms with E-state index in [2.05, 4.69) is 25.8 Å². The predicted octanol–water partition coefficient (Wildman–Crippen LogP) is 4.44. The van der Waals surface area contributed by atoms with Gasteiger partial charge in [-0.1, -0.05) is 39.0 Å². The van der Waals surface area contributed by atoms with Gasteiger partial charge < -0.3 is 4.40 Å². The second kappa shape index (κ2) is 4.44. The lowest BCUT2D eigenvalue weighted by Crippen LogP contribution is -2.11. The van der Waals surface area contributed by atoms with Crippen LogP contribution in [0.15, 0.2) is 49.1 Å². The summed E-state index contributed by atoms with van der Waals surface area (Å²) >= 11 is 0. The molecule has 0 amide bonds. The Bertz CT molecular complexity index is 766. The largest absolute Gasteiger partial charge is 0.306 e. The van der Waals surface area contributed by atoms with Gasteiger partial charge in [0.1, 0.15) is 5.82 Å². The zero-order valence-electron chi connectivity index (χ0n) is 11.9. The second-order valence-corrected chi connectivity index (χ2v) is 6.09. The van der Waals surface area contributed by atoms with Crippen LogP contribution in [0, 0.1) is 5.82 Å². The Hall–Kier alpha value is -2.16. The molecule has 1 aromatic carbocycles. The summed E-state index contributed by atoms with van der Waals surface area (Å²) in [6, 6.07) is 9.35. The maximum Gasteiger partial charge on any atom is 0.131 e. The van der Waals surface area contributed by atoms with Gasteiger partial charge in [0.15, 0.2) is 0 Å². The third-order valence-electron chi connectivity index (χ3n) is 3.55. The fourth-order valence-corrected chi connectivity index (χ4v) is 2.29. The van der Waals surface area contributed by atoms with Crippen molar-refractivity contribution >= 4 is 5.52 Å². The van der Waals surface area contributed by atoms with Crippen molar-refractivity contribution in [1.29, 1.82) is 0 Å². The molecule has 0 saturated heterocycles. The zero-order valence-corrected chi connectivity index (χ0v) is 11.9. The van der Waals surface area contributed by atoms with Crippen LogP contribution >= 0.6 is 0 Å². The fraction of sp³-hybridized carbons (Fsp3) is 0.235. The van der Waals surface area contributed by atoms with Gasteiger partial charge in [0.2, 0.25) is 0 Å². The van der Waals surface area contributed by atoms with E-state index in [9.17, 15) is 4.39 Å². The highest BCUT2D eigenvalue weighted by Gasteiger charge is 2.16. The lowest BCUT2D eigenvalue weighted by atomic mass is 9.86. The normalized spacial score (nSPS) is 12.0. The Morgan fingerprint density at radius 2 is 1.90 bits per heavy atom. The van der Waals surface area contributed by atoms with E-state index >= 15 is 0 Å². The first-order valence-electron chi connectivity index (χ1n) is 6.67. The van der Waals surface area contributed by atoms with E-state index < -0.39 is 0 Å². The van der Waals surface area contributed by atoms with E-state index in [0.29, 0.717) is 5.56 Å². The number of nitrogens with zero attached hydrogens (tertiary/aromatic N) is 2. The van der Waals surface area contributed by atoms with Crippen LogP contribution in [0.1, 0.15) is 26.3 Å². The first kappa shape index (κ1) is 12.9. The van der Waals surface area contributed by atoms with Gasteiger partial charge in [0, 0.05) is 17.3 Å². The summed E-state index contributed by atoms with van der Waals surface area (Å²) in [5.74, 6) is -0.183. The monoisotopic (exact) mass is 268 g/mol. The van der Waals surface area contributed by atoms with Crippen LogP contribution in [-0.2, 0) is 5.41 Å². The highest BCUT2D eigenvalue weighted by atomic mass is 19.1. The number of fused-ring (bicyclic) bond motifs is 1. The van der Waals surface area contributed by atoms with Crippen LogP contribution in [0.3, 0.4) is 0 Å². The average Bonchev–Trinajstić information content (AvgIpc) is 2.84. The van der Waals surface area contributed by atoms with Crippen molar-refractivity contribution in [2.24, 2.45) is 0 Å². The Balaban J connectivity index is 2.09. The third kappa shape index (κ3) is 2.20. The van der Waals surface area contributed by atoms with Gasteiger partial charge in [-0.15, -0.1) is 0 Å². The first-order chi connectivity index (χ1) is 9.45. The highest BCUT2D eigenvalue weighted by Crippen LogP contribution is 2.29. The lowest BCUT2D eigenvalue weighted by Gasteiger charge is -2.19. The molecule has 0 aliphatic rings. The van der Waals surface area contributed by atoms with Gasteiger partial charge in [-0.3, -0.25) is 0 Å². The Kier molecular flexibility index (Phi) is 2.85. The average molecular weight is 268 g/mol. The molecule has 3 heteroatoms. The van der Waals surface area contributed by atoms with E-state index in [-0.39, 0.29) is 11.2 Å². The predicted molar refractivity (Wildman–Crippen MR) is 79.3 cm³/mol. The smallest absolute Gasteiger partial charge is 0.131 e. The molecule has 2 heterocycles. The maximum absolute atomic E-state index is 14.4. The molecule has 3 rings (SSSR count). The number of imidazole rings is 1. The molecule has 102 valence electrons. The van der Waals surface area contributed by atoms with Gasteiger partial charge in [-0.2, -0.15) is 0 Å². The Labute approximate surface area is 117 Å². The molecule has 0 aliphatic heterocycles. The van der Waals surface area contributed by atoms with Crippen LogP contribution in [0.4, 0.5) is 4.39 Å². The molecule has 0 N–H and O–H groups in total. The molecule has 0 fully saturated rings.